The molecule has 0 saturated carbocycles. The van der Waals surface area contributed by atoms with E-state index >= 15 is 0 Å². The topological polar surface area (TPSA) is 52.5 Å². The lowest BCUT2D eigenvalue weighted by Crippen LogP contribution is -2.28. The lowest BCUT2D eigenvalue weighted by atomic mass is 9.88. The quantitative estimate of drug-likeness (QED) is 0.301. The van der Waals surface area contributed by atoms with Crippen molar-refractivity contribution in [3.8, 4) is 5.75 Å². The first-order chi connectivity index (χ1) is 16.6. The Morgan fingerprint density at radius 1 is 1.03 bits per heavy atom. The fourth-order valence-corrected chi connectivity index (χ4v) is 4.49. The largest absolute Gasteiger partial charge is 0.497 e. The van der Waals surface area contributed by atoms with Crippen LogP contribution in [0.3, 0.4) is 0 Å². The van der Waals surface area contributed by atoms with Crippen molar-refractivity contribution in [3.63, 3.8) is 0 Å². The Kier molecular flexibility index (Phi) is 7.88. The summed E-state index contributed by atoms with van der Waals surface area (Å²) in [6.45, 7) is 1.68. The first-order valence-corrected chi connectivity index (χ1v) is 11.7. The van der Waals surface area contributed by atoms with Gasteiger partial charge in [-0.3, -0.25) is 4.79 Å². The molecule has 1 aromatic heterocycles. The molecule has 1 N–H and O–H groups in total. The molecule has 34 heavy (non-hydrogen) atoms. The molecule has 176 valence electrons. The maximum atomic E-state index is 12.8. The predicted octanol–water partition coefficient (Wildman–Crippen LogP) is 5.64. The van der Waals surface area contributed by atoms with Crippen LogP contribution >= 0.6 is 11.6 Å². The smallest absolute Gasteiger partial charge is 0.221 e. The molecule has 1 heterocycles. The summed E-state index contributed by atoms with van der Waals surface area (Å²) in [5.74, 6) is 0.680. The summed E-state index contributed by atoms with van der Waals surface area (Å²) in [6, 6.07) is 24.2. The molecule has 6 heteroatoms. The third-order valence-corrected chi connectivity index (χ3v) is 6.21. The number of hydrogen-bond donors (Lipinski definition) is 1. The molecule has 1 atom stereocenters. The van der Waals surface area contributed by atoms with Crippen molar-refractivity contribution in [2.75, 3.05) is 27.4 Å². The van der Waals surface area contributed by atoms with Crippen LogP contribution in [-0.4, -0.2) is 37.8 Å². The van der Waals surface area contributed by atoms with Gasteiger partial charge < -0.3 is 19.4 Å². The summed E-state index contributed by atoms with van der Waals surface area (Å²) >= 11 is 6.34. The van der Waals surface area contributed by atoms with Gasteiger partial charge in [-0.05, 0) is 47.0 Å². The van der Waals surface area contributed by atoms with Gasteiger partial charge in [0.25, 0.3) is 0 Å². The van der Waals surface area contributed by atoms with Crippen LogP contribution in [0.5, 0.6) is 5.75 Å². The van der Waals surface area contributed by atoms with Gasteiger partial charge in [-0.15, -0.1) is 0 Å². The number of carbonyl (C=O) groups is 1. The van der Waals surface area contributed by atoms with E-state index in [1.807, 2.05) is 48.5 Å². The van der Waals surface area contributed by atoms with Gasteiger partial charge >= 0.3 is 0 Å². The number of nitrogens with zero attached hydrogens (tertiary/aromatic N) is 1. The van der Waals surface area contributed by atoms with E-state index in [0.717, 1.165) is 27.8 Å². The minimum absolute atomic E-state index is 0.0194. The number of hydrogen-bond acceptors (Lipinski definition) is 3. The molecule has 0 fully saturated rings. The van der Waals surface area contributed by atoms with E-state index < -0.39 is 0 Å². The monoisotopic (exact) mass is 476 g/mol. The lowest BCUT2D eigenvalue weighted by molar-refractivity contribution is -0.121. The van der Waals surface area contributed by atoms with Crippen LogP contribution in [0, 0.1) is 0 Å². The first kappa shape index (κ1) is 23.9. The number of para-hydroxylation sites is 1. The average Bonchev–Trinajstić information content (AvgIpc) is 3.21. The Morgan fingerprint density at radius 3 is 2.56 bits per heavy atom. The number of carbonyl (C=O) groups excluding carboxylic acids is 1. The normalized spacial score (nSPS) is 12.0. The lowest BCUT2D eigenvalue weighted by Gasteiger charge is -2.17. The van der Waals surface area contributed by atoms with E-state index in [9.17, 15) is 4.79 Å². The van der Waals surface area contributed by atoms with Crippen LogP contribution in [0.1, 0.15) is 29.0 Å². The molecule has 0 aliphatic heterocycles. The van der Waals surface area contributed by atoms with Gasteiger partial charge in [0.05, 0.1) is 13.7 Å². The summed E-state index contributed by atoms with van der Waals surface area (Å²) < 4.78 is 12.6. The number of aromatic nitrogens is 1. The van der Waals surface area contributed by atoms with Crippen molar-refractivity contribution < 1.29 is 14.3 Å². The molecule has 3 aromatic carbocycles. The van der Waals surface area contributed by atoms with Crippen LogP contribution in [0.15, 0.2) is 79.0 Å². The second-order valence-corrected chi connectivity index (χ2v) is 8.67. The SMILES string of the molecule is COCCNC(=O)C[C@@H](c1cccc(Cl)c1)c1cn(Cc2ccc(OC)cc2)c2ccccc12. The van der Waals surface area contributed by atoms with Crippen molar-refractivity contribution in [3.05, 3.63) is 101 Å². The van der Waals surface area contributed by atoms with E-state index in [1.165, 1.54) is 5.56 Å². The maximum absolute atomic E-state index is 12.8. The molecular weight excluding hydrogens is 448 g/mol. The van der Waals surface area contributed by atoms with Crippen LogP contribution < -0.4 is 10.1 Å². The number of ether oxygens (including phenoxy) is 2. The van der Waals surface area contributed by atoms with E-state index in [2.05, 4.69) is 40.3 Å². The van der Waals surface area contributed by atoms with Crippen molar-refractivity contribution in [1.82, 2.24) is 9.88 Å². The van der Waals surface area contributed by atoms with Crippen LogP contribution in [0.4, 0.5) is 0 Å². The fraction of sp³-hybridized carbons (Fsp3) is 0.250. The molecule has 0 bridgehead atoms. The van der Waals surface area contributed by atoms with Crippen LogP contribution in [-0.2, 0) is 16.1 Å². The molecular formula is C28H29ClN2O3. The van der Waals surface area contributed by atoms with Crippen molar-refractivity contribution in [2.45, 2.75) is 18.9 Å². The predicted molar refractivity (Wildman–Crippen MR) is 137 cm³/mol. The second-order valence-electron chi connectivity index (χ2n) is 8.23. The molecule has 0 aliphatic rings. The highest BCUT2D eigenvalue weighted by atomic mass is 35.5. The number of benzene rings is 3. The Labute approximate surface area is 205 Å². The molecule has 0 saturated heterocycles. The second kappa shape index (κ2) is 11.2. The molecule has 4 aromatic rings. The van der Waals surface area contributed by atoms with Crippen molar-refractivity contribution in [1.29, 1.82) is 0 Å². The molecule has 0 unspecified atom stereocenters. The Hall–Kier alpha value is -3.28. The summed E-state index contributed by atoms with van der Waals surface area (Å²) in [7, 11) is 3.29. The van der Waals surface area contributed by atoms with Gasteiger partial charge in [0, 0.05) is 54.7 Å². The van der Waals surface area contributed by atoms with Crippen LogP contribution in [0.25, 0.3) is 10.9 Å². The summed E-state index contributed by atoms with van der Waals surface area (Å²) in [6.07, 6.45) is 2.49. The molecule has 0 aliphatic carbocycles. The Bertz CT molecular complexity index is 1250. The number of amides is 1. The zero-order valence-corrected chi connectivity index (χ0v) is 20.2. The van der Waals surface area contributed by atoms with E-state index in [1.54, 1.807) is 14.2 Å². The van der Waals surface area contributed by atoms with Gasteiger partial charge in [-0.25, -0.2) is 0 Å². The first-order valence-electron chi connectivity index (χ1n) is 11.3. The highest BCUT2D eigenvalue weighted by molar-refractivity contribution is 6.30. The minimum Gasteiger partial charge on any atom is -0.497 e. The summed E-state index contributed by atoms with van der Waals surface area (Å²) in [4.78, 5) is 12.8. The summed E-state index contributed by atoms with van der Waals surface area (Å²) in [5.41, 5.74) is 4.42. The number of halogens is 1. The zero-order chi connectivity index (χ0) is 23.9. The fourth-order valence-electron chi connectivity index (χ4n) is 4.29. The number of nitrogens with one attached hydrogen (secondary N) is 1. The zero-order valence-electron chi connectivity index (χ0n) is 19.5. The molecule has 0 radical (unpaired) electrons. The molecule has 0 spiro atoms. The van der Waals surface area contributed by atoms with Crippen LogP contribution in [0.2, 0.25) is 5.02 Å². The number of fused-ring (bicyclic) bond motifs is 1. The molecule has 4 rings (SSSR count). The highest BCUT2D eigenvalue weighted by Gasteiger charge is 2.23. The minimum atomic E-state index is -0.136. The van der Waals surface area contributed by atoms with E-state index in [-0.39, 0.29) is 11.8 Å². The number of rotatable bonds is 10. The third kappa shape index (κ3) is 5.61. The standard InChI is InChI=1S/C28H29ClN2O3/c1-33-15-14-30-28(32)17-25(21-6-5-7-22(29)16-21)26-19-31(27-9-4-3-8-24(26)27)18-20-10-12-23(34-2)13-11-20/h3-13,16,19,25H,14-15,17-18H2,1-2H3,(H,30,32)/t25-/m0/s1. The third-order valence-electron chi connectivity index (χ3n) is 5.98. The van der Waals surface area contributed by atoms with E-state index in [4.69, 9.17) is 21.1 Å². The Morgan fingerprint density at radius 2 is 1.82 bits per heavy atom. The van der Waals surface area contributed by atoms with Gasteiger partial charge in [-0.2, -0.15) is 0 Å². The Balaban J connectivity index is 1.72. The van der Waals surface area contributed by atoms with Gasteiger partial charge in [0.1, 0.15) is 5.75 Å². The van der Waals surface area contributed by atoms with Crippen molar-refractivity contribution >= 4 is 28.4 Å². The van der Waals surface area contributed by atoms with Gasteiger partial charge in [0.2, 0.25) is 5.91 Å². The van der Waals surface area contributed by atoms with Gasteiger partial charge in [-0.1, -0.05) is 54.1 Å². The highest BCUT2D eigenvalue weighted by Crippen LogP contribution is 2.36. The number of methoxy groups -OCH3 is 2. The van der Waals surface area contributed by atoms with Gasteiger partial charge in [0.15, 0.2) is 0 Å². The summed E-state index contributed by atoms with van der Waals surface area (Å²) in [5, 5.41) is 4.75. The molecule has 5 nitrogen and oxygen atoms in total. The molecule has 1 amide bonds. The van der Waals surface area contributed by atoms with E-state index in [0.29, 0.717) is 31.1 Å². The average molecular weight is 477 g/mol. The van der Waals surface area contributed by atoms with Crippen molar-refractivity contribution in [2.24, 2.45) is 0 Å². The maximum Gasteiger partial charge on any atom is 0.221 e.